The van der Waals surface area contributed by atoms with Crippen molar-refractivity contribution >= 4 is 44.6 Å². The zero-order chi connectivity index (χ0) is 22.7. The highest BCUT2D eigenvalue weighted by atomic mass is 35.5. The molecule has 2 aliphatic heterocycles. The number of para-hydroxylation sites is 1. The smallest absolute Gasteiger partial charge is 0.274 e. The van der Waals surface area contributed by atoms with Crippen LogP contribution >= 0.6 is 11.6 Å². The number of benzene rings is 3. The van der Waals surface area contributed by atoms with E-state index in [-0.39, 0.29) is 12.1 Å². The largest absolute Gasteiger partial charge is 0.304 e. The molecule has 0 radical (unpaired) electrons. The molecule has 2 heterocycles. The third-order valence-electron chi connectivity index (χ3n) is 5.97. The Hall–Kier alpha value is -3.16. The summed E-state index contributed by atoms with van der Waals surface area (Å²) < 4.78 is 27.1. The number of sulfone groups is 1. The Labute approximate surface area is 190 Å². The van der Waals surface area contributed by atoms with Crippen LogP contribution in [0.25, 0.3) is 0 Å². The summed E-state index contributed by atoms with van der Waals surface area (Å²) >= 11 is 6.33. The number of aryl methyl sites for hydroxylation is 1. The van der Waals surface area contributed by atoms with Gasteiger partial charge in [-0.2, -0.15) is 0 Å². The fourth-order valence-electron chi connectivity index (χ4n) is 4.61. The average Bonchev–Trinajstić information content (AvgIpc) is 3.12. The molecule has 1 saturated heterocycles. The van der Waals surface area contributed by atoms with E-state index in [4.69, 9.17) is 11.6 Å². The van der Waals surface area contributed by atoms with Gasteiger partial charge >= 0.3 is 0 Å². The van der Waals surface area contributed by atoms with Crippen LogP contribution in [0.5, 0.6) is 0 Å². The second-order valence-corrected chi connectivity index (χ2v) is 10.5. The van der Waals surface area contributed by atoms with Gasteiger partial charge in [-0.1, -0.05) is 60.1 Å². The lowest BCUT2D eigenvalue weighted by atomic mass is 10.0. The fourth-order valence-corrected chi connectivity index (χ4v) is 6.84. The average molecular weight is 467 g/mol. The topological polar surface area (TPSA) is 74.8 Å². The molecule has 0 bridgehead atoms. The van der Waals surface area contributed by atoms with Crippen molar-refractivity contribution in [3.05, 3.63) is 94.5 Å². The van der Waals surface area contributed by atoms with Gasteiger partial charge in [-0.25, -0.2) is 8.42 Å². The standard InChI is InChI=1S/C24H19ClN2O4S/c1-16-7-6-9-18(13-16)27-22(28)15-32(30,31)24(27)19-10-3-5-12-21(19)26(23(24)29)14-17-8-2-4-11-20(17)25/h2-13H,14-15H2,1H3/t24-/m0/s1. The van der Waals surface area contributed by atoms with Crippen LogP contribution in [0.3, 0.4) is 0 Å². The third-order valence-corrected chi connectivity index (χ3v) is 8.44. The van der Waals surface area contributed by atoms with Gasteiger partial charge in [-0.05, 0) is 42.3 Å². The van der Waals surface area contributed by atoms with E-state index in [1.807, 2.05) is 13.0 Å². The van der Waals surface area contributed by atoms with Gasteiger partial charge in [0.2, 0.25) is 5.91 Å². The number of fused-ring (bicyclic) bond motifs is 2. The molecule has 6 nitrogen and oxygen atoms in total. The Bertz CT molecular complexity index is 1390. The van der Waals surface area contributed by atoms with E-state index in [0.717, 1.165) is 10.5 Å². The number of hydrogen-bond acceptors (Lipinski definition) is 4. The van der Waals surface area contributed by atoms with Crippen LogP contribution in [0.2, 0.25) is 5.02 Å². The SMILES string of the molecule is Cc1cccc(N2C(=O)CS(=O)(=O)[C@@]23C(=O)N(Cc2ccccc2Cl)c2ccccc23)c1. The van der Waals surface area contributed by atoms with Gasteiger partial charge in [0.05, 0.1) is 12.2 Å². The molecule has 2 amide bonds. The minimum Gasteiger partial charge on any atom is -0.304 e. The Kier molecular flexibility index (Phi) is 4.65. The second-order valence-electron chi connectivity index (χ2n) is 7.97. The van der Waals surface area contributed by atoms with Crippen LogP contribution in [0, 0.1) is 6.92 Å². The van der Waals surface area contributed by atoms with Gasteiger partial charge in [0.15, 0.2) is 9.84 Å². The molecular weight excluding hydrogens is 448 g/mol. The van der Waals surface area contributed by atoms with Crippen molar-refractivity contribution in [2.45, 2.75) is 18.3 Å². The van der Waals surface area contributed by atoms with E-state index < -0.39 is 32.3 Å². The summed E-state index contributed by atoms with van der Waals surface area (Å²) in [6, 6.07) is 20.8. The molecule has 0 N–H and O–H groups in total. The van der Waals surface area contributed by atoms with E-state index in [1.54, 1.807) is 66.7 Å². The molecule has 0 unspecified atom stereocenters. The molecule has 2 aliphatic rings. The third kappa shape index (κ3) is 2.74. The van der Waals surface area contributed by atoms with Gasteiger partial charge < -0.3 is 4.90 Å². The maximum absolute atomic E-state index is 14.0. The Balaban J connectivity index is 1.76. The Morgan fingerprint density at radius 3 is 2.44 bits per heavy atom. The van der Waals surface area contributed by atoms with Crippen molar-refractivity contribution < 1.29 is 18.0 Å². The summed E-state index contributed by atoms with van der Waals surface area (Å²) in [6.07, 6.45) is 0. The molecule has 1 spiro atoms. The Morgan fingerprint density at radius 2 is 1.69 bits per heavy atom. The van der Waals surface area contributed by atoms with E-state index in [2.05, 4.69) is 0 Å². The number of halogens is 1. The predicted molar refractivity (Wildman–Crippen MR) is 123 cm³/mol. The van der Waals surface area contributed by atoms with Crippen molar-refractivity contribution in [2.24, 2.45) is 0 Å². The Morgan fingerprint density at radius 1 is 0.969 bits per heavy atom. The summed E-state index contributed by atoms with van der Waals surface area (Å²) in [7, 11) is -4.19. The quantitative estimate of drug-likeness (QED) is 0.588. The molecule has 32 heavy (non-hydrogen) atoms. The number of anilines is 2. The highest BCUT2D eigenvalue weighted by molar-refractivity contribution is 7.94. The van der Waals surface area contributed by atoms with Gasteiger partial charge in [0.25, 0.3) is 10.8 Å². The van der Waals surface area contributed by atoms with Crippen LogP contribution < -0.4 is 9.80 Å². The summed E-state index contributed by atoms with van der Waals surface area (Å²) in [6.45, 7) is 1.93. The zero-order valence-corrected chi connectivity index (χ0v) is 18.7. The van der Waals surface area contributed by atoms with E-state index in [1.165, 1.54) is 4.90 Å². The van der Waals surface area contributed by atoms with Crippen LogP contribution in [0.15, 0.2) is 72.8 Å². The van der Waals surface area contributed by atoms with Crippen molar-refractivity contribution in [2.75, 3.05) is 15.6 Å². The minimum atomic E-state index is -4.19. The van der Waals surface area contributed by atoms with E-state index in [0.29, 0.717) is 22.0 Å². The summed E-state index contributed by atoms with van der Waals surface area (Å²) in [5.41, 5.74) is 2.64. The molecule has 3 aromatic carbocycles. The van der Waals surface area contributed by atoms with Gasteiger partial charge in [0.1, 0.15) is 5.75 Å². The molecule has 8 heteroatoms. The summed E-state index contributed by atoms with van der Waals surface area (Å²) in [5, 5.41) is 0.472. The van der Waals surface area contributed by atoms with Gasteiger partial charge in [0, 0.05) is 16.3 Å². The van der Waals surface area contributed by atoms with E-state index in [9.17, 15) is 18.0 Å². The monoisotopic (exact) mass is 466 g/mol. The number of nitrogens with zero attached hydrogens (tertiary/aromatic N) is 2. The molecule has 1 atom stereocenters. The molecule has 1 fully saturated rings. The number of hydrogen-bond donors (Lipinski definition) is 0. The van der Waals surface area contributed by atoms with Gasteiger partial charge in [-0.15, -0.1) is 0 Å². The second kappa shape index (κ2) is 7.18. The molecule has 5 rings (SSSR count). The molecule has 0 saturated carbocycles. The first-order chi connectivity index (χ1) is 15.3. The number of carbonyl (C=O) groups is 2. The maximum Gasteiger partial charge on any atom is 0.274 e. The van der Waals surface area contributed by atoms with Crippen LogP contribution in [-0.4, -0.2) is 26.0 Å². The first kappa shape index (κ1) is 20.7. The molecule has 0 aromatic heterocycles. The first-order valence-electron chi connectivity index (χ1n) is 10.0. The van der Waals surface area contributed by atoms with Crippen molar-refractivity contribution in [1.82, 2.24) is 0 Å². The number of rotatable bonds is 3. The number of amides is 2. The van der Waals surface area contributed by atoms with Crippen LogP contribution in [0.4, 0.5) is 11.4 Å². The molecule has 162 valence electrons. The fraction of sp³-hybridized carbons (Fsp3) is 0.167. The predicted octanol–water partition coefficient (Wildman–Crippen LogP) is 3.81. The zero-order valence-electron chi connectivity index (χ0n) is 17.2. The lowest BCUT2D eigenvalue weighted by molar-refractivity contribution is -0.123. The van der Waals surface area contributed by atoms with Crippen molar-refractivity contribution in [1.29, 1.82) is 0 Å². The maximum atomic E-state index is 14.0. The number of carbonyl (C=O) groups excluding carboxylic acids is 2. The first-order valence-corrected chi connectivity index (χ1v) is 12.1. The van der Waals surface area contributed by atoms with Crippen LogP contribution in [0.1, 0.15) is 16.7 Å². The normalized spacial score (nSPS) is 21.4. The highest BCUT2D eigenvalue weighted by Gasteiger charge is 2.69. The van der Waals surface area contributed by atoms with Crippen molar-refractivity contribution in [3.8, 4) is 0 Å². The summed E-state index contributed by atoms with van der Waals surface area (Å²) in [5.74, 6) is -2.04. The van der Waals surface area contributed by atoms with Crippen LogP contribution in [-0.2, 0) is 30.8 Å². The van der Waals surface area contributed by atoms with E-state index >= 15 is 0 Å². The minimum absolute atomic E-state index is 0.0860. The lowest BCUT2D eigenvalue weighted by Gasteiger charge is -2.32. The molecule has 3 aromatic rings. The highest BCUT2D eigenvalue weighted by Crippen LogP contribution is 2.52. The summed E-state index contributed by atoms with van der Waals surface area (Å²) in [4.78, 5) is 27.6. The van der Waals surface area contributed by atoms with Gasteiger partial charge in [-0.3, -0.25) is 14.5 Å². The molecular formula is C24H19ClN2O4S. The lowest BCUT2D eigenvalue weighted by Crippen LogP contribution is -2.54. The molecule has 0 aliphatic carbocycles. The van der Waals surface area contributed by atoms with Crippen molar-refractivity contribution in [3.63, 3.8) is 0 Å².